The van der Waals surface area contributed by atoms with E-state index in [1.165, 1.54) is 39.9 Å². The van der Waals surface area contributed by atoms with E-state index in [0.717, 1.165) is 41.5 Å². The summed E-state index contributed by atoms with van der Waals surface area (Å²) in [4.78, 5) is 17.3. The largest absolute Gasteiger partial charge is 0.298 e. The third kappa shape index (κ3) is 4.09. The van der Waals surface area contributed by atoms with Gasteiger partial charge in [0, 0.05) is 23.7 Å². The fourth-order valence-corrected chi connectivity index (χ4v) is 6.52. The molecular formula is C21H22ClN3O3S2. The van der Waals surface area contributed by atoms with E-state index in [1.54, 1.807) is 7.05 Å². The SMILES string of the molecule is Cc1cc(Cl)cc2sc(NC(=O)c3ccc(S(=O)(=O)N(C)C4CCCC4)cc3)nc12. The molecule has 30 heavy (non-hydrogen) atoms. The van der Waals surface area contributed by atoms with Crippen LogP contribution in [0.3, 0.4) is 0 Å². The van der Waals surface area contributed by atoms with Crippen LogP contribution in [-0.4, -0.2) is 36.7 Å². The van der Waals surface area contributed by atoms with Gasteiger partial charge in [0.1, 0.15) is 0 Å². The average molecular weight is 464 g/mol. The number of carbonyl (C=O) groups is 1. The van der Waals surface area contributed by atoms with Crippen LogP contribution in [0.2, 0.25) is 5.02 Å². The van der Waals surface area contributed by atoms with Crippen LogP contribution in [0, 0.1) is 6.92 Å². The second-order valence-electron chi connectivity index (χ2n) is 7.53. The first-order chi connectivity index (χ1) is 14.3. The van der Waals surface area contributed by atoms with E-state index >= 15 is 0 Å². The van der Waals surface area contributed by atoms with E-state index in [4.69, 9.17) is 11.6 Å². The third-order valence-electron chi connectivity index (χ3n) is 5.50. The Bertz CT molecular complexity index is 1200. The Balaban J connectivity index is 1.51. The predicted molar refractivity (Wildman–Crippen MR) is 121 cm³/mol. The molecule has 3 aromatic rings. The molecule has 1 fully saturated rings. The summed E-state index contributed by atoms with van der Waals surface area (Å²) < 4.78 is 28.1. The Morgan fingerprint density at radius 3 is 2.53 bits per heavy atom. The molecule has 1 aliphatic rings. The van der Waals surface area contributed by atoms with Crippen molar-refractivity contribution in [3.05, 3.63) is 52.5 Å². The van der Waals surface area contributed by atoms with Gasteiger partial charge in [-0.2, -0.15) is 4.31 Å². The average Bonchev–Trinajstić information content (AvgIpc) is 3.37. The van der Waals surface area contributed by atoms with Crippen LogP contribution in [-0.2, 0) is 10.0 Å². The number of nitrogens with zero attached hydrogens (tertiary/aromatic N) is 2. The summed E-state index contributed by atoms with van der Waals surface area (Å²) in [5.74, 6) is -0.342. The van der Waals surface area contributed by atoms with Crippen molar-refractivity contribution >= 4 is 54.2 Å². The molecule has 4 rings (SSSR count). The molecule has 6 nitrogen and oxygen atoms in total. The number of amides is 1. The second-order valence-corrected chi connectivity index (χ2v) is 11.0. The van der Waals surface area contributed by atoms with Crippen LogP contribution < -0.4 is 5.32 Å². The van der Waals surface area contributed by atoms with Crippen molar-refractivity contribution in [1.29, 1.82) is 0 Å². The van der Waals surface area contributed by atoms with Crippen molar-refractivity contribution in [2.24, 2.45) is 0 Å². The van der Waals surface area contributed by atoms with Crippen LogP contribution in [0.5, 0.6) is 0 Å². The molecule has 1 N–H and O–H groups in total. The van der Waals surface area contributed by atoms with Gasteiger partial charge >= 0.3 is 0 Å². The molecule has 1 amide bonds. The normalized spacial score (nSPS) is 15.2. The highest BCUT2D eigenvalue weighted by atomic mass is 35.5. The van der Waals surface area contributed by atoms with Gasteiger partial charge in [-0.3, -0.25) is 10.1 Å². The number of carbonyl (C=O) groups excluding carboxylic acids is 1. The number of anilines is 1. The fourth-order valence-electron chi connectivity index (χ4n) is 3.79. The monoisotopic (exact) mass is 463 g/mol. The number of sulfonamides is 1. The standard InChI is InChI=1S/C21H22ClN3O3S2/c1-13-11-15(22)12-18-19(13)23-21(29-18)24-20(26)14-7-9-17(10-8-14)30(27,28)25(2)16-5-3-4-6-16/h7-12,16H,3-6H2,1-2H3,(H,23,24,26). The van der Waals surface area contributed by atoms with Gasteiger partial charge in [-0.15, -0.1) is 0 Å². The van der Waals surface area contributed by atoms with Gasteiger partial charge in [0.25, 0.3) is 5.91 Å². The lowest BCUT2D eigenvalue weighted by atomic mass is 10.2. The van der Waals surface area contributed by atoms with Crippen molar-refractivity contribution in [3.8, 4) is 0 Å². The molecule has 0 spiro atoms. The zero-order valence-corrected chi connectivity index (χ0v) is 19.1. The summed E-state index contributed by atoms with van der Waals surface area (Å²) in [6.45, 7) is 1.92. The number of aryl methyl sites for hydroxylation is 1. The minimum Gasteiger partial charge on any atom is -0.298 e. The Morgan fingerprint density at radius 2 is 1.87 bits per heavy atom. The van der Waals surface area contributed by atoms with Crippen molar-refractivity contribution in [3.63, 3.8) is 0 Å². The van der Waals surface area contributed by atoms with Gasteiger partial charge in [-0.25, -0.2) is 13.4 Å². The van der Waals surface area contributed by atoms with Gasteiger partial charge in [0.05, 0.1) is 15.1 Å². The number of hydrogen-bond donors (Lipinski definition) is 1. The fraction of sp³-hybridized carbons (Fsp3) is 0.333. The summed E-state index contributed by atoms with van der Waals surface area (Å²) in [7, 11) is -1.94. The number of benzene rings is 2. The zero-order valence-electron chi connectivity index (χ0n) is 16.7. The van der Waals surface area contributed by atoms with Crippen molar-refractivity contribution in [1.82, 2.24) is 9.29 Å². The van der Waals surface area contributed by atoms with E-state index in [2.05, 4.69) is 10.3 Å². The van der Waals surface area contributed by atoms with Crippen LogP contribution >= 0.6 is 22.9 Å². The molecular weight excluding hydrogens is 442 g/mol. The minimum absolute atomic E-state index is 0.0500. The number of rotatable bonds is 5. The Morgan fingerprint density at radius 1 is 1.20 bits per heavy atom. The molecule has 0 saturated heterocycles. The topological polar surface area (TPSA) is 79.4 Å². The first-order valence-electron chi connectivity index (χ1n) is 9.72. The maximum atomic E-state index is 12.9. The van der Waals surface area contributed by atoms with E-state index in [1.807, 2.05) is 19.1 Å². The van der Waals surface area contributed by atoms with Gasteiger partial charge in [-0.05, 0) is 61.7 Å². The highest BCUT2D eigenvalue weighted by Gasteiger charge is 2.30. The highest BCUT2D eigenvalue weighted by molar-refractivity contribution is 7.89. The molecule has 0 aliphatic heterocycles. The molecule has 158 valence electrons. The summed E-state index contributed by atoms with van der Waals surface area (Å²) in [6.07, 6.45) is 3.90. The number of aromatic nitrogens is 1. The number of hydrogen-bond acceptors (Lipinski definition) is 5. The van der Waals surface area contributed by atoms with Crippen LogP contribution in [0.25, 0.3) is 10.2 Å². The van der Waals surface area contributed by atoms with Crippen molar-refractivity contribution < 1.29 is 13.2 Å². The van der Waals surface area contributed by atoms with Gasteiger partial charge in [0.2, 0.25) is 10.0 Å². The first kappa shape index (κ1) is 21.2. The number of halogens is 1. The number of thiazole rings is 1. The Kier molecular flexibility index (Phi) is 5.85. The number of nitrogens with one attached hydrogen (secondary N) is 1. The van der Waals surface area contributed by atoms with Gasteiger partial charge in [-0.1, -0.05) is 35.8 Å². The predicted octanol–water partition coefficient (Wildman–Crippen LogP) is 5.07. The van der Waals surface area contributed by atoms with Crippen LogP contribution in [0.4, 0.5) is 5.13 Å². The molecule has 1 saturated carbocycles. The maximum Gasteiger partial charge on any atom is 0.257 e. The maximum absolute atomic E-state index is 12.9. The van der Waals surface area contributed by atoms with Crippen molar-refractivity contribution in [2.45, 2.75) is 43.5 Å². The molecule has 0 atom stereocenters. The summed E-state index contributed by atoms with van der Waals surface area (Å²) in [5.41, 5.74) is 2.11. The molecule has 1 aromatic heterocycles. The minimum atomic E-state index is -3.57. The summed E-state index contributed by atoms with van der Waals surface area (Å²) in [5, 5.41) is 3.88. The summed E-state index contributed by atoms with van der Waals surface area (Å²) in [6, 6.07) is 9.72. The lowest BCUT2D eigenvalue weighted by Crippen LogP contribution is -2.35. The third-order valence-corrected chi connectivity index (χ3v) is 8.56. The molecule has 0 bridgehead atoms. The molecule has 0 radical (unpaired) electrons. The van der Waals surface area contributed by atoms with Gasteiger partial charge < -0.3 is 0 Å². The quantitative estimate of drug-likeness (QED) is 0.572. The van der Waals surface area contributed by atoms with Gasteiger partial charge in [0.15, 0.2) is 5.13 Å². The smallest absolute Gasteiger partial charge is 0.257 e. The van der Waals surface area contributed by atoms with E-state index in [9.17, 15) is 13.2 Å². The van der Waals surface area contributed by atoms with Crippen LogP contribution in [0.15, 0.2) is 41.3 Å². The van der Waals surface area contributed by atoms with E-state index in [0.29, 0.717) is 15.7 Å². The van der Waals surface area contributed by atoms with Crippen molar-refractivity contribution in [2.75, 3.05) is 12.4 Å². The molecule has 1 heterocycles. The first-order valence-corrected chi connectivity index (χ1v) is 12.4. The van der Waals surface area contributed by atoms with E-state index in [-0.39, 0.29) is 16.8 Å². The molecule has 2 aromatic carbocycles. The lowest BCUT2D eigenvalue weighted by Gasteiger charge is -2.23. The van der Waals surface area contributed by atoms with E-state index < -0.39 is 10.0 Å². The lowest BCUT2D eigenvalue weighted by molar-refractivity contribution is 0.102. The number of fused-ring (bicyclic) bond motifs is 1. The Hall–Kier alpha value is -2.00. The highest BCUT2D eigenvalue weighted by Crippen LogP contribution is 2.31. The molecule has 0 unspecified atom stereocenters. The summed E-state index contributed by atoms with van der Waals surface area (Å²) >= 11 is 7.43. The van der Waals surface area contributed by atoms with Crippen LogP contribution in [0.1, 0.15) is 41.6 Å². The molecule has 9 heteroatoms. The Labute approximate surface area is 184 Å². The zero-order chi connectivity index (χ0) is 21.5. The second kappa shape index (κ2) is 8.26. The molecule has 1 aliphatic carbocycles.